The molecule has 2 atom stereocenters. The lowest BCUT2D eigenvalue weighted by molar-refractivity contribution is -0.201. The maximum absolute atomic E-state index is 12.9. The lowest BCUT2D eigenvalue weighted by Gasteiger charge is -2.28. The summed E-state index contributed by atoms with van der Waals surface area (Å²) in [5.74, 6) is -1.02. The molecule has 2 aromatic carbocycles. The van der Waals surface area contributed by atoms with E-state index in [4.69, 9.17) is 9.57 Å². The number of hydrogen-bond donors (Lipinski definition) is 2. The number of aryl methyl sites for hydroxylation is 1. The van der Waals surface area contributed by atoms with E-state index in [1.54, 1.807) is 36.5 Å². The molecule has 0 saturated carbocycles. The van der Waals surface area contributed by atoms with E-state index < -0.39 is 26.8 Å². The molecule has 2 heterocycles. The first-order valence-electron chi connectivity index (χ1n) is 13.5. The molecule has 4 rings (SSSR count). The van der Waals surface area contributed by atoms with Crippen molar-refractivity contribution in [3.05, 3.63) is 94.4 Å². The molecule has 2 N–H and O–H groups in total. The number of hydroxylamine groups is 1. The lowest BCUT2D eigenvalue weighted by Crippen LogP contribution is -2.51. The van der Waals surface area contributed by atoms with Crippen molar-refractivity contribution < 1.29 is 27.6 Å². The number of pyridine rings is 1. The molecule has 2 unspecified atom stereocenters. The third kappa shape index (κ3) is 7.69. The molecule has 3 aromatic rings. The van der Waals surface area contributed by atoms with Gasteiger partial charge in [-0.1, -0.05) is 42.5 Å². The standard InChI is InChI=1S/C30H35N3O7S/c1-30(41(2,37)38,29(36)32-40-27-10-6-7-19-39-27)16-18-33-17-15-25(20-26(33)34)23-11-13-24(14-12-23)28(35)31-21-22-8-4-3-5-9-22/h3-5,8-9,11-15,17,20,27H,6-7,10,16,18-19,21H2,1-2H3,(H,31,35)(H,32,36). The molecule has 1 saturated heterocycles. The van der Waals surface area contributed by atoms with Crippen LogP contribution in [0, 0.1) is 0 Å². The number of carbonyl (C=O) groups is 2. The minimum Gasteiger partial charge on any atom is -0.350 e. The summed E-state index contributed by atoms with van der Waals surface area (Å²) in [4.78, 5) is 43.6. The number of aromatic nitrogens is 1. The molecule has 10 nitrogen and oxygen atoms in total. The first kappa shape index (κ1) is 30.2. The molecular weight excluding hydrogens is 546 g/mol. The number of hydrogen-bond acceptors (Lipinski definition) is 7. The van der Waals surface area contributed by atoms with Gasteiger partial charge in [-0.15, -0.1) is 0 Å². The molecule has 1 aliphatic heterocycles. The van der Waals surface area contributed by atoms with Gasteiger partial charge in [0.1, 0.15) is 0 Å². The quantitative estimate of drug-likeness (QED) is 0.332. The Labute approximate surface area is 239 Å². The monoisotopic (exact) mass is 581 g/mol. The van der Waals surface area contributed by atoms with Gasteiger partial charge in [0.05, 0.1) is 0 Å². The topological polar surface area (TPSA) is 133 Å². The van der Waals surface area contributed by atoms with E-state index in [1.807, 2.05) is 30.3 Å². The van der Waals surface area contributed by atoms with Crippen molar-refractivity contribution >= 4 is 21.7 Å². The van der Waals surface area contributed by atoms with Crippen molar-refractivity contribution in [3.63, 3.8) is 0 Å². The maximum Gasteiger partial charge on any atom is 0.264 e. The summed E-state index contributed by atoms with van der Waals surface area (Å²) in [6, 6.07) is 19.7. The lowest BCUT2D eigenvalue weighted by atomic mass is 10.0. The molecule has 0 bridgehead atoms. The van der Waals surface area contributed by atoms with E-state index >= 15 is 0 Å². The fourth-order valence-electron chi connectivity index (χ4n) is 4.40. The van der Waals surface area contributed by atoms with Gasteiger partial charge < -0.3 is 14.6 Å². The number of amides is 2. The highest BCUT2D eigenvalue weighted by atomic mass is 32.2. The Balaban J connectivity index is 1.38. The normalized spacial score (nSPS) is 16.9. The zero-order valence-corrected chi connectivity index (χ0v) is 24.0. The number of nitrogens with one attached hydrogen (secondary N) is 2. The first-order chi connectivity index (χ1) is 19.6. The molecule has 11 heteroatoms. The highest BCUT2D eigenvalue weighted by molar-refractivity contribution is 7.92. The van der Waals surface area contributed by atoms with Crippen LogP contribution >= 0.6 is 0 Å². The second kappa shape index (κ2) is 13.2. The van der Waals surface area contributed by atoms with Gasteiger partial charge in [0.25, 0.3) is 17.4 Å². The second-order valence-electron chi connectivity index (χ2n) is 10.3. The van der Waals surface area contributed by atoms with Crippen LogP contribution in [0.5, 0.6) is 0 Å². The van der Waals surface area contributed by atoms with E-state index in [-0.39, 0.29) is 24.4 Å². The minimum absolute atomic E-state index is 0.00342. The summed E-state index contributed by atoms with van der Waals surface area (Å²) in [5, 5.41) is 2.88. The summed E-state index contributed by atoms with van der Waals surface area (Å²) >= 11 is 0. The van der Waals surface area contributed by atoms with Gasteiger partial charge in [-0.3, -0.25) is 14.4 Å². The van der Waals surface area contributed by atoms with E-state index in [2.05, 4.69) is 10.8 Å². The molecule has 218 valence electrons. The van der Waals surface area contributed by atoms with Crippen LogP contribution in [0.4, 0.5) is 0 Å². The van der Waals surface area contributed by atoms with Gasteiger partial charge >= 0.3 is 0 Å². The SMILES string of the molecule is CC(CCn1ccc(-c2ccc(C(=O)NCc3ccccc3)cc2)cc1=O)(C(=O)NOC1CCCCO1)S(C)(=O)=O. The van der Waals surface area contributed by atoms with Crippen LogP contribution in [0.2, 0.25) is 0 Å². The van der Waals surface area contributed by atoms with E-state index in [0.29, 0.717) is 30.7 Å². The number of sulfone groups is 1. The Morgan fingerprint density at radius 2 is 1.78 bits per heavy atom. The van der Waals surface area contributed by atoms with Crippen molar-refractivity contribution in [3.8, 4) is 11.1 Å². The summed E-state index contributed by atoms with van der Waals surface area (Å²) in [5.41, 5.74) is 4.78. The Morgan fingerprint density at radius 3 is 2.41 bits per heavy atom. The molecule has 2 amide bonds. The van der Waals surface area contributed by atoms with Gasteiger partial charge in [-0.05, 0) is 61.1 Å². The van der Waals surface area contributed by atoms with Crippen LogP contribution in [-0.4, -0.2) is 48.7 Å². The fraction of sp³-hybridized carbons (Fsp3) is 0.367. The largest absolute Gasteiger partial charge is 0.350 e. The fourth-order valence-corrected chi connectivity index (χ4v) is 5.24. The van der Waals surface area contributed by atoms with E-state index in [9.17, 15) is 22.8 Å². The summed E-state index contributed by atoms with van der Waals surface area (Å²) in [6.45, 7) is 2.24. The van der Waals surface area contributed by atoms with Crippen LogP contribution in [0.1, 0.15) is 48.5 Å². The molecule has 0 spiro atoms. The number of benzene rings is 2. The summed E-state index contributed by atoms with van der Waals surface area (Å²) in [6.07, 6.45) is 4.17. The van der Waals surface area contributed by atoms with Crippen LogP contribution in [0.3, 0.4) is 0 Å². The average Bonchev–Trinajstić information content (AvgIpc) is 2.98. The summed E-state index contributed by atoms with van der Waals surface area (Å²) in [7, 11) is -3.86. The third-order valence-corrected chi connectivity index (χ3v) is 9.35. The predicted octanol–water partition coefficient (Wildman–Crippen LogP) is 3.21. The Hall–Kier alpha value is -3.80. The van der Waals surface area contributed by atoms with Gasteiger partial charge in [0, 0.05) is 50.2 Å². The van der Waals surface area contributed by atoms with Gasteiger partial charge in [0.2, 0.25) is 0 Å². The number of nitrogens with zero attached hydrogens (tertiary/aromatic N) is 1. The molecule has 1 aliphatic rings. The van der Waals surface area contributed by atoms with Crippen molar-refractivity contribution in [2.75, 3.05) is 12.9 Å². The Morgan fingerprint density at radius 1 is 1.05 bits per heavy atom. The average molecular weight is 582 g/mol. The zero-order valence-electron chi connectivity index (χ0n) is 23.2. The predicted molar refractivity (Wildman–Crippen MR) is 154 cm³/mol. The highest BCUT2D eigenvalue weighted by Gasteiger charge is 2.44. The molecule has 0 aliphatic carbocycles. The highest BCUT2D eigenvalue weighted by Crippen LogP contribution is 2.24. The first-order valence-corrected chi connectivity index (χ1v) is 15.4. The van der Waals surface area contributed by atoms with Gasteiger partial charge in [-0.25, -0.2) is 18.7 Å². The van der Waals surface area contributed by atoms with Crippen molar-refractivity contribution in [1.29, 1.82) is 0 Å². The minimum atomic E-state index is -3.86. The second-order valence-corrected chi connectivity index (χ2v) is 12.7. The number of ether oxygens (including phenoxy) is 1. The maximum atomic E-state index is 12.9. The van der Waals surface area contributed by atoms with Crippen molar-refractivity contribution in [1.82, 2.24) is 15.4 Å². The van der Waals surface area contributed by atoms with Crippen molar-refractivity contribution in [2.45, 2.75) is 56.7 Å². The smallest absolute Gasteiger partial charge is 0.264 e. The number of rotatable bonds is 11. The van der Waals surface area contributed by atoms with Crippen LogP contribution < -0.4 is 16.4 Å². The van der Waals surface area contributed by atoms with E-state index in [0.717, 1.165) is 30.2 Å². The molecule has 0 radical (unpaired) electrons. The summed E-state index contributed by atoms with van der Waals surface area (Å²) < 4.78 is 30.2. The van der Waals surface area contributed by atoms with Gasteiger partial charge in [0.15, 0.2) is 20.9 Å². The number of carbonyl (C=O) groups excluding carboxylic acids is 2. The van der Waals surface area contributed by atoms with Crippen LogP contribution in [0.25, 0.3) is 11.1 Å². The van der Waals surface area contributed by atoms with Gasteiger partial charge in [-0.2, -0.15) is 0 Å². The van der Waals surface area contributed by atoms with E-state index in [1.165, 1.54) is 17.6 Å². The van der Waals surface area contributed by atoms with Crippen LogP contribution in [-0.2, 0) is 37.3 Å². The Kier molecular flexibility index (Phi) is 9.74. The Bertz CT molecular complexity index is 1520. The zero-order chi connectivity index (χ0) is 29.5. The molecule has 41 heavy (non-hydrogen) atoms. The molecular formula is C30H35N3O7S. The van der Waals surface area contributed by atoms with Crippen molar-refractivity contribution in [2.24, 2.45) is 0 Å². The van der Waals surface area contributed by atoms with Crippen LogP contribution in [0.15, 0.2) is 77.7 Å². The molecule has 1 fully saturated rings. The third-order valence-electron chi connectivity index (χ3n) is 7.32. The molecule has 1 aromatic heterocycles.